The fraction of sp³-hybridized carbons (Fsp3) is 0.435. The molecule has 0 saturated carbocycles. The van der Waals surface area contributed by atoms with E-state index in [4.69, 9.17) is 44.3 Å². The SMILES string of the molecule is COCCOCCN(CCCNC(=O)Nc1ccc(Cl)c(Cl)c1)CCc1cccc(Cl)c1. The molecule has 9 heteroatoms. The van der Waals surface area contributed by atoms with E-state index in [2.05, 4.69) is 21.6 Å². The Morgan fingerprint density at radius 3 is 2.56 bits per heavy atom. The predicted octanol–water partition coefficient (Wildman–Crippen LogP) is 5.37. The number of methoxy groups -OCH3 is 1. The minimum absolute atomic E-state index is 0.281. The molecule has 0 radical (unpaired) electrons. The summed E-state index contributed by atoms with van der Waals surface area (Å²) in [5.74, 6) is 0. The number of amides is 2. The Balaban J connectivity index is 1.74. The van der Waals surface area contributed by atoms with Crippen LogP contribution in [0.3, 0.4) is 0 Å². The van der Waals surface area contributed by atoms with Gasteiger partial charge < -0.3 is 25.0 Å². The average molecular weight is 503 g/mol. The number of anilines is 1. The third-order valence-electron chi connectivity index (χ3n) is 4.70. The Bertz CT molecular complexity index is 839. The van der Waals surface area contributed by atoms with Crippen molar-refractivity contribution in [2.45, 2.75) is 12.8 Å². The first kappa shape index (κ1) is 26.7. The topological polar surface area (TPSA) is 62.8 Å². The molecule has 0 heterocycles. The van der Waals surface area contributed by atoms with Crippen LogP contribution >= 0.6 is 34.8 Å². The number of nitrogens with one attached hydrogen (secondary N) is 2. The smallest absolute Gasteiger partial charge is 0.319 e. The predicted molar refractivity (Wildman–Crippen MR) is 132 cm³/mol. The lowest BCUT2D eigenvalue weighted by Gasteiger charge is -2.22. The van der Waals surface area contributed by atoms with Crippen molar-refractivity contribution in [1.29, 1.82) is 0 Å². The first-order valence-electron chi connectivity index (χ1n) is 10.5. The molecule has 176 valence electrons. The number of benzene rings is 2. The molecule has 0 aliphatic rings. The van der Waals surface area contributed by atoms with Crippen LogP contribution in [0.5, 0.6) is 0 Å². The lowest BCUT2D eigenvalue weighted by atomic mass is 10.1. The zero-order valence-electron chi connectivity index (χ0n) is 18.2. The van der Waals surface area contributed by atoms with Crippen molar-refractivity contribution in [1.82, 2.24) is 10.2 Å². The second-order valence-electron chi connectivity index (χ2n) is 7.19. The third kappa shape index (κ3) is 10.9. The first-order valence-corrected chi connectivity index (χ1v) is 11.6. The Morgan fingerprint density at radius 2 is 1.81 bits per heavy atom. The van der Waals surface area contributed by atoms with Crippen molar-refractivity contribution in [3.05, 3.63) is 63.1 Å². The van der Waals surface area contributed by atoms with E-state index < -0.39 is 0 Å². The van der Waals surface area contributed by atoms with E-state index in [1.807, 2.05) is 18.2 Å². The molecular weight excluding hydrogens is 473 g/mol. The van der Waals surface area contributed by atoms with E-state index in [0.717, 1.165) is 37.5 Å². The lowest BCUT2D eigenvalue weighted by molar-refractivity contribution is 0.0571. The lowest BCUT2D eigenvalue weighted by Crippen LogP contribution is -2.35. The van der Waals surface area contributed by atoms with Gasteiger partial charge in [-0.25, -0.2) is 4.79 Å². The second-order valence-corrected chi connectivity index (χ2v) is 8.44. The molecule has 6 nitrogen and oxygen atoms in total. The number of carbonyl (C=O) groups is 1. The van der Waals surface area contributed by atoms with E-state index in [-0.39, 0.29) is 6.03 Å². The number of hydrogen-bond acceptors (Lipinski definition) is 4. The maximum Gasteiger partial charge on any atom is 0.319 e. The Morgan fingerprint density at radius 1 is 0.969 bits per heavy atom. The molecule has 0 aromatic heterocycles. The summed E-state index contributed by atoms with van der Waals surface area (Å²) >= 11 is 18.0. The quantitative estimate of drug-likeness (QED) is 0.341. The fourth-order valence-electron chi connectivity index (χ4n) is 3.01. The van der Waals surface area contributed by atoms with Gasteiger partial charge in [-0.05, 0) is 55.3 Å². The van der Waals surface area contributed by atoms with Gasteiger partial charge in [-0.15, -0.1) is 0 Å². The van der Waals surface area contributed by atoms with Gasteiger partial charge in [-0.3, -0.25) is 0 Å². The van der Waals surface area contributed by atoms with Gasteiger partial charge in [-0.1, -0.05) is 46.9 Å². The Hall–Kier alpha value is -1.54. The van der Waals surface area contributed by atoms with E-state index in [0.29, 0.717) is 42.1 Å². The van der Waals surface area contributed by atoms with Crippen LogP contribution in [-0.4, -0.2) is 64.0 Å². The number of ether oxygens (including phenoxy) is 2. The summed E-state index contributed by atoms with van der Waals surface area (Å²) in [5, 5.41) is 7.21. The van der Waals surface area contributed by atoms with Crippen LogP contribution < -0.4 is 10.6 Å². The highest BCUT2D eigenvalue weighted by Crippen LogP contribution is 2.24. The molecule has 2 N–H and O–H groups in total. The molecule has 2 amide bonds. The maximum atomic E-state index is 12.1. The van der Waals surface area contributed by atoms with Crippen LogP contribution in [0.1, 0.15) is 12.0 Å². The molecule has 0 atom stereocenters. The minimum atomic E-state index is -0.281. The molecule has 0 aliphatic heterocycles. The molecule has 0 saturated heterocycles. The van der Waals surface area contributed by atoms with E-state index in [1.54, 1.807) is 25.3 Å². The van der Waals surface area contributed by atoms with Gasteiger partial charge in [-0.2, -0.15) is 0 Å². The van der Waals surface area contributed by atoms with Crippen molar-refractivity contribution < 1.29 is 14.3 Å². The number of urea groups is 1. The zero-order chi connectivity index (χ0) is 23.2. The molecule has 0 unspecified atom stereocenters. The number of carbonyl (C=O) groups excluding carboxylic acids is 1. The van der Waals surface area contributed by atoms with Crippen molar-refractivity contribution in [3.8, 4) is 0 Å². The van der Waals surface area contributed by atoms with E-state index in [1.165, 1.54) is 5.56 Å². The molecular formula is C23H30Cl3N3O3. The molecule has 2 rings (SSSR count). The fourth-order valence-corrected chi connectivity index (χ4v) is 3.52. The van der Waals surface area contributed by atoms with Crippen molar-refractivity contribution in [2.75, 3.05) is 58.4 Å². The van der Waals surface area contributed by atoms with Crippen molar-refractivity contribution >= 4 is 46.5 Å². The van der Waals surface area contributed by atoms with Gasteiger partial charge >= 0.3 is 6.03 Å². The normalized spacial score (nSPS) is 11.0. The molecule has 2 aromatic rings. The van der Waals surface area contributed by atoms with Crippen LogP contribution in [0.2, 0.25) is 15.1 Å². The van der Waals surface area contributed by atoms with Gasteiger partial charge in [0.05, 0.1) is 29.9 Å². The molecule has 32 heavy (non-hydrogen) atoms. The Labute approximate surface area is 205 Å². The number of hydrogen-bond donors (Lipinski definition) is 2. The van der Waals surface area contributed by atoms with Crippen LogP contribution in [0.25, 0.3) is 0 Å². The number of halogens is 3. The summed E-state index contributed by atoms with van der Waals surface area (Å²) in [4.78, 5) is 14.4. The second kappa shape index (κ2) is 15.3. The van der Waals surface area contributed by atoms with Crippen LogP contribution in [-0.2, 0) is 15.9 Å². The Kier molecular flexibility index (Phi) is 12.8. The summed E-state index contributed by atoms with van der Waals surface area (Å²) in [5.41, 5.74) is 1.79. The molecule has 0 spiro atoms. The van der Waals surface area contributed by atoms with Crippen LogP contribution in [0.15, 0.2) is 42.5 Å². The number of nitrogens with zero attached hydrogens (tertiary/aromatic N) is 1. The van der Waals surface area contributed by atoms with E-state index in [9.17, 15) is 4.79 Å². The summed E-state index contributed by atoms with van der Waals surface area (Å²) in [6.45, 7) is 4.86. The van der Waals surface area contributed by atoms with Gasteiger partial charge in [0.25, 0.3) is 0 Å². The summed E-state index contributed by atoms with van der Waals surface area (Å²) in [6, 6.07) is 12.6. The first-order chi connectivity index (χ1) is 15.5. The van der Waals surface area contributed by atoms with Crippen LogP contribution in [0.4, 0.5) is 10.5 Å². The van der Waals surface area contributed by atoms with Crippen molar-refractivity contribution in [3.63, 3.8) is 0 Å². The van der Waals surface area contributed by atoms with Gasteiger partial charge in [0.1, 0.15) is 0 Å². The maximum absolute atomic E-state index is 12.1. The molecule has 0 bridgehead atoms. The van der Waals surface area contributed by atoms with Gasteiger partial charge in [0.2, 0.25) is 0 Å². The summed E-state index contributed by atoms with van der Waals surface area (Å²) < 4.78 is 10.6. The minimum Gasteiger partial charge on any atom is -0.382 e. The monoisotopic (exact) mass is 501 g/mol. The average Bonchev–Trinajstić information content (AvgIpc) is 2.77. The largest absolute Gasteiger partial charge is 0.382 e. The standard InChI is InChI=1S/C23H30Cl3N3O3/c1-31-14-15-32-13-12-29(11-8-18-4-2-5-19(24)16-18)10-3-9-27-23(30)28-20-6-7-21(25)22(26)17-20/h2,4-7,16-17H,3,8-15H2,1H3,(H2,27,28,30). The van der Waals surface area contributed by atoms with E-state index >= 15 is 0 Å². The number of rotatable bonds is 14. The highest BCUT2D eigenvalue weighted by atomic mass is 35.5. The summed E-state index contributed by atoms with van der Waals surface area (Å²) in [6.07, 6.45) is 1.70. The molecule has 2 aromatic carbocycles. The highest BCUT2D eigenvalue weighted by Gasteiger charge is 2.08. The van der Waals surface area contributed by atoms with Crippen molar-refractivity contribution in [2.24, 2.45) is 0 Å². The third-order valence-corrected chi connectivity index (χ3v) is 5.68. The molecule has 0 aliphatic carbocycles. The van der Waals surface area contributed by atoms with Gasteiger partial charge in [0.15, 0.2) is 0 Å². The zero-order valence-corrected chi connectivity index (χ0v) is 20.5. The highest BCUT2D eigenvalue weighted by molar-refractivity contribution is 6.42. The summed E-state index contributed by atoms with van der Waals surface area (Å²) in [7, 11) is 1.66. The molecule has 0 fully saturated rings. The van der Waals surface area contributed by atoms with Gasteiger partial charge in [0, 0.05) is 37.5 Å². The van der Waals surface area contributed by atoms with Crippen LogP contribution in [0, 0.1) is 0 Å².